The van der Waals surface area contributed by atoms with Crippen molar-refractivity contribution < 1.29 is 4.79 Å². The van der Waals surface area contributed by atoms with Crippen LogP contribution in [0.3, 0.4) is 0 Å². The minimum absolute atomic E-state index is 0.0261. The van der Waals surface area contributed by atoms with Gasteiger partial charge >= 0.3 is 0 Å². The number of amides is 1. The first kappa shape index (κ1) is 21.3. The highest BCUT2D eigenvalue weighted by Crippen LogP contribution is 2.28. The second-order valence-electron chi connectivity index (χ2n) is 6.75. The van der Waals surface area contributed by atoms with E-state index in [1.807, 2.05) is 47.9 Å². The van der Waals surface area contributed by atoms with E-state index >= 15 is 0 Å². The first-order valence-corrected chi connectivity index (χ1v) is 11.6. The Kier molecular flexibility index (Phi) is 7.66. The molecule has 2 aromatic heterocycles. The lowest BCUT2D eigenvalue weighted by Crippen LogP contribution is -2.28. The molecule has 0 saturated heterocycles. The highest BCUT2D eigenvalue weighted by atomic mass is 32.2. The molecule has 1 unspecified atom stereocenters. The maximum atomic E-state index is 12.4. The molecule has 2 heterocycles. The van der Waals surface area contributed by atoms with Crippen molar-refractivity contribution in [3.63, 3.8) is 0 Å². The second-order valence-corrected chi connectivity index (χ2v) is 8.68. The van der Waals surface area contributed by atoms with Crippen molar-refractivity contribution >= 4 is 29.0 Å². The molecule has 3 rings (SSSR count). The number of nitrogens with one attached hydrogen (secondary N) is 1. The monoisotopic (exact) mass is 426 g/mol. The third kappa shape index (κ3) is 5.58. The molecule has 5 nitrogen and oxygen atoms in total. The molecule has 1 N–H and O–H groups in total. The average Bonchev–Trinajstić information content (AvgIpc) is 3.34. The fourth-order valence-electron chi connectivity index (χ4n) is 3.02. The molecule has 0 aliphatic carbocycles. The zero-order valence-electron chi connectivity index (χ0n) is 16.8. The zero-order valence-corrected chi connectivity index (χ0v) is 18.4. The van der Waals surface area contributed by atoms with Gasteiger partial charge in [0.15, 0.2) is 11.0 Å². The number of hydrogen-bond acceptors (Lipinski definition) is 5. The van der Waals surface area contributed by atoms with Crippen LogP contribution in [0, 0.1) is 0 Å². The molecule has 0 bridgehead atoms. The molecule has 3 aromatic rings. The minimum atomic E-state index is -0.0336. The lowest BCUT2D eigenvalue weighted by Gasteiger charge is -2.14. The van der Waals surface area contributed by atoms with Gasteiger partial charge in [0.2, 0.25) is 5.91 Å². The number of thiophene rings is 1. The Balaban J connectivity index is 1.66. The Labute approximate surface area is 180 Å². The van der Waals surface area contributed by atoms with Crippen molar-refractivity contribution in [1.29, 1.82) is 0 Å². The van der Waals surface area contributed by atoms with Gasteiger partial charge in [-0.05, 0) is 25.0 Å². The fraction of sp³-hybridized carbons (Fsp3) is 0.318. The summed E-state index contributed by atoms with van der Waals surface area (Å²) in [4.78, 5) is 13.8. The number of carbonyl (C=O) groups is 1. The van der Waals surface area contributed by atoms with Gasteiger partial charge in [-0.3, -0.25) is 9.36 Å². The summed E-state index contributed by atoms with van der Waals surface area (Å²) in [5, 5.41) is 14.6. The summed E-state index contributed by atoms with van der Waals surface area (Å²) in [6.45, 7) is 8.62. The largest absolute Gasteiger partial charge is 0.349 e. The van der Waals surface area contributed by atoms with Gasteiger partial charge in [-0.25, -0.2) is 0 Å². The smallest absolute Gasteiger partial charge is 0.230 e. The molecular formula is C22H26N4OS2. The summed E-state index contributed by atoms with van der Waals surface area (Å²) in [5.41, 5.74) is 2.16. The van der Waals surface area contributed by atoms with Crippen LogP contribution < -0.4 is 5.32 Å². The predicted octanol–water partition coefficient (Wildman–Crippen LogP) is 5.11. The van der Waals surface area contributed by atoms with Crippen LogP contribution in [0.25, 0.3) is 11.4 Å². The maximum Gasteiger partial charge on any atom is 0.230 e. The molecule has 0 spiro atoms. The van der Waals surface area contributed by atoms with E-state index < -0.39 is 0 Å². The summed E-state index contributed by atoms with van der Waals surface area (Å²) < 4.78 is 2.02. The van der Waals surface area contributed by atoms with Crippen LogP contribution in [-0.4, -0.2) is 26.4 Å². The molecule has 0 radical (unpaired) electrons. The van der Waals surface area contributed by atoms with Gasteiger partial charge in [-0.1, -0.05) is 61.5 Å². The Morgan fingerprint density at radius 2 is 2.14 bits per heavy atom. The fourth-order valence-corrected chi connectivity index (χ4v) is 4.74. The van der Waals surface area contributed by atoms with Crippen molar-refractivity contribution in [3.8, 4) is 11.4 Å². The number of hydrogen-bond donors (Lipinski definition) is 1. The number of aryl methyl sites for hydroxylation is 1. The van der Waals surface area contributed by atoms with E-state index in [0.29, 0.717) is 6.54 Å². The lowest BCUT2D eigenvalue weighted by molar-refractivity contribution is -0.119. The summed E-state index contributed by atoms with van der Waals surface area (Å²) in [5.74, 6) is 1.09. The van der Waals surface area contributed by atoms with Gasteiger partial charge in [0.05, 0.1) is 11.8 Å². The van der Waals surface area contributed by atoms with E-state index in [0.717, 1.165) is 34.9 Å². The third-order valence-corrected chi connectivity index (χ3v) is 6.41. The van der Waals surface area contributed by atoms with Gasteiger partial charge in [-0.15, -0.1) is 28.1 Å². The number of carbonyl (C=O) groups excluding carboxylic acids is 1. The Morgan fingerprint density at radius 1 is 1.34 bits per heavy atom. The molecule has 0 fully saturated rings. The van der Waals surface area contributed by atoms with Crippen LogP contribution in [0.2, 0.25) is 0 Å². The van der Waals surface area contributed by atoms with Crippen molar-refractivity contribution in [2.45, 2.75) is 44.4 Å². The first-order chi connectivity index (χ1) is 14.1. The van der Waals surface area contributed by atoms with Gasteiger partial charge in [-0.2, -0.15) is 0 Å². The van der Waals surface area contributed by atoms with Gasteiger partial charge < -0.3 is 5.32 Å². The molecule has 152 valence electrons. The first-order valence-electron chi connectivity index (χ1n) is 9.71. The van der Waals surface area contributed by atoms with Gasteiger partial charge in [0.25, 0.3) is 0 Å². The van der Waals surface area contributed by atoms with Crippen LogP contribution >= 0.6 is 23.1 Å². The van der Waals surface area contributed by atoms with Crippen molar-refractivity contribution in [2.24, 2.45) is 0 Å². The normalized spacial score (nSPS) is 11.9. The molecule has 0 aliphatic heterocycles. The van der Waals surface area contributed by atoms with E-state index in [9.17, 15) is 4.79 Å². The van der Waals surface area contributed by atoms with Crippen LogP contribution in [-0.2, 0) is 17.8 Å². The Hall–Kier alpha value is -2.38. The quantitative estimate of drug-likeness (QED) is 0.361. The van der Waals surface area contributed by atoms with Crippen LogP contribution in [0.5, 0.6) is 0 Å². The number of allylic oxidation sites excluding steroid dienone is 1. The minimum Gasteiger partial charge on any atom is -0.349 e. The summed E-state index contributed by atoms with van der Waals surface area (Å²) in [6, 6.07) is 12.1. The molecular weight excluding hydrogens is 400 g/mol. The molecule has 0 saturated carbocycles. The van der Waals surface area contributed by atoms with Crippen LogP contribution in [0.4, 0.5) is 0 Å². The van der Waals surface area contributed by atoms with Crippen LogP contribution in [0.15, 0.2) is 59.6 Å². The van der Waals surface area contributed by atoms with E-state index in [1.165, 1.54) is 16.6 Å². The third-order valence-electron chi connectivity index (χ3n) is 4.45. The van der Waals surface area contributed by atoms with Crippen molar-refractivity contribution in [2.75, 3.05) is 5.75 Å². The molecule has 0 aliphatic rings. The SMILES string of the molecule is C=CCn1c(SCC(=O)NC(C)c2ccccc2)nnc1-c1csc(CCC)c1. The highest BCUT2D eigenvalue weighted by molar-refractivity contribution is 7.99. The number of nitrogens with zero attached hydrogens (tertiary/aromatic N) is 3. The van der Waals surface area contributed by atoms with E-state index in [4.69, 9.17) is 0 Å². The summed E-state index contributed by atoms with van der Waals surface area (Å²) in [7, 11) is 0. The lowest BCUT2D eigenvalue weighted by atomic mass is 10.1. The predicted molar refractivity (Wildman–Crippen MR) is 121 cm³/mol. The number of rotatable bonds is 10. The standard InChI is InChI=1S/C22H26N4OS2/c1-4-9-19-13-18(14-28-19)21-24-25-22(26(21)12-5-2)29-15-20(27)23-16(3)17-10-7-6-8-11-17/h5-8,10-11,13-14,16H,2,4,9,12,15H2,1,3H3,(H,23,27). The summed E-state index contributed by atoms with van der Waals surface area (Å²) >= 11 is 3.15. The van der Waals surface area contributed by atoms with Crippen molar-refractivity contribution in [1.82, 2.24) is 20.1 Å². The number of thioether (sulfide) groups is 1. The van der Waals surface area contributed by atoms with Gasteiger partial charge in [0, 0.05) is 22.4 Å². The Bertz CT molecular complexity index is 949. The molecule has 1 aromatic carbocycles. The topological polar surface area (TPSA) is 59.8 Å². The van der Waals surface area contributed by atoms with E-state index in [1.54, 1.807) is 11.3 Å². The van der Waals surface area contributed by atoms with E-state index in [-0.39, 0.29) is 17.7 Å². The maximum absolute atomic E-state index is 12.4. The van der Waals surface area contributed by atoms with Crippen LogP contribution in [0.1, 0.15) is 36.8 Å². The highest BCUT2D eigenvalue weighted by Gasteiger charge is 2.17. The number of aromatic nitrogens is 3. The van der Waals surface area contributed by atoms with Crippen molar-refractivity contribution in [3.05, 3.63) is 64.9 Å². The van der Waals surface area contributed by atoms with Gasteiger partial charge in [0.1, 0.15) is 0 Å². The van der Waals surface area contributed by atoms with E-state index in [2.05, 4.69) is 40.5 Å². The molecule has 1 atom stereocenters. The average molecular weight is 427 g/mol. The number of benzene rings is 1. The molecule has 1 amide bonds. The Morgan fingerprint density at radius 3 is 2.86 bits per heavy atom. The molecule has 29 heavy (non-hydrogen) atoms. The zero-order chi connectivity index (χ0) is 20.6. The second kappa shape index (κ2) is 10.4. The summed E-state index contributed by atoms with van der Waals surface area (Å²) in [6.07, 6.45) is 4.02. The molecule has 7 heteroatoms.